The van der Waals surface area contributed by atoms with Crippen LogP contribution in [0.15, 0.2) is 6.20 Å². The van der Waals surface area contributed by atoms with Crippen LogP contribution in [0.25, 0.3) is 0 Å². The Morgan fingerprint density at radius 2 is 2.29 bits per heavy atom. The summed E-state index contributed by atoms with van der Waals surface area (Å²) in [6.45, 7) is 1.64. The largest absolute Gasteiger partial charge is 0.469 e. The molecule has 0 aliphatic carbocycles. The topological polar surface area (TPSA) is 128 Å². The third-order valence-electron chi connectivity index (χ3n) is 2.01. The van der Waals surface area contributed by atoms with Crippen molar-refractivity contribution in [2.45, 2.75) is 19.9 Å². The van der Waals surface area contributed by atoms with Crippen molar-refractivity contribution in [3.63, 3.8) is 0 Å². The van der Waals surface area contributed by atoms with E-state index in [0.717, 1.165) is 6.20 Å². The van der Waals surface area contributed by atoms with Crippen molar-refractivity contribution >= 4 is 13.6 Å². The van der Waals surface area contributed by atoms with Gasteiger partial charge >= 0.3 is 13.6 Å². The maximum Gasteiger partial charge on any atom is 0.469 e. The predicted molar refractivity (Wildman–Crippen MR) is 56.2 cm³/mol. The highest BCUT2D eigenvalue weighted by atomic mass is 31.2. The molecule has 0 bridgehead atoms. The lowest BCUT2D eigenvalue weighted by atomic mass is 10.4. The first-order valence-electron chi connectivity index (χ1n) is 4.68. The molecule has 10 heteroatoms. The maximum absolute atomic E-state index is 10.6. The van der Waals surface area contributed by atoms with E-state index in [-0.39, 0.29) is 25.4 Å². The van der Waals surface area contributed by atoms with Crippen LogP contribution in [0.1, 0.15) is 12.2 Å². The van der Waals surface area contributed by atoms with Crippen LogP contribution in [-0.2, 0) is 15.6 Å². The molecule has 0 saturated heterocycles. The fraction of sp³-hybridized carbons (Fsp3) is 0.571. The third kappa shape index (κ3) is 4.23. The van der Waals surface area contributed by atoms with Crippen LogP contribution in [0.4, 0.5) is 5.82 Å². The molecule has 17 heavy (non-hydrogen) atoms. The molecule has 0 radical (unpaired) electrons. The first-order chi connectivity index (χ1) is 7.81. The van der Waals surface area contributed by atoms with Crippen LogP contribution in [0, 0.1) is 17.0 Å². The number of aromatic nitrogens is 2. The molecule has 0 saturated carbocycles. The zero-order valence-electron chi connectivity index (χ0n) is 9.01. The number of phosphoric ester groups is 1. The average molecular weight is 265 g/mol. The minimum Gasteiger partial charge on any atom is -0.358 e. The Bertz CT molecular complexity index is 452. The molecule has 0 fully saturated rings. The molecule has 0 spiro atoms. The lowest BCUT2D eigenvalue weighted by molar-refractivity contribution is -0.392. The van der Waals surface area contributed by atoms with Crippen molar-refractivity contribution in [3.8, 4) is 0 Å². The molecule has 2 N–H and O–H groups in total. The van der Waals surface area contributed by atoms with Gasteiger partial charge in [0.1, 0.15) is 6.20 Å². The summed E-state index contributed by atoms with van der Waals surface area (Å²) in [5.74, 6) is 0.312. The van der Waals surface area contributed by atoms with Gasteiger partial charge in [0.05, 0.1) is 13.2 Å². The maximum atomic E-state index is 10.6. The summed E-state index contributed by atoms with van der Waals surface area (Å²) in [7, 11) is -4.47. The monoisotopic (exact) mass is 265 g/mol. The SMILES string of the molecule is Cc1ncc([N+](=O)[O-])n1CCCOP(=O)(O)O. The minimum absolute atomic E-state index is 0.154. The fourth-order valence-corrected chi connectivity index (χ4v) is 1.65. The zero-order valence-corrected chi connectivity index (χ0v) is 9.91. The van der Waals surface area contributed by atoms with Gasteiger partial charge in [-0.3, -0.25) is 4.52 Å². The molecule has 1 aromatic heterocycles. The molecular weight excluding hydrogens is 253 g/mol. The lowest BCUT2D eigenvalue weighted by Crippen LogP contribution is -2.07. The van der Waals surface area contributed by atoms with Gasteiger partial charge < -0.3 is 19.9 Å². The summed E-state index contributed by atoms with van der Waals surface area (Å²) in [6.07, 6.45) is 1.38. The highest BCUT2D eigenvalue weighted by Crippen LogP contribution is 2.35. The van der Waals surface area contributed by atoms with E-state index >= 15 is 0 Å². The van der Waals surface area contributed by atoms with Crippen LogP contribution >= 0.6 is 7.82 Å². The second kappa shape index (κ2) is 5.37. The Labute approximate surface area is 96.4 Å². The molecule has 96 valence electrons. The summed E-state index contributed by atoms with van der Waals surface area (Å²) >= 11 is 0. The van der Waals surface area contributed by atoms with Crippen LogP contribution < -0.4 is 0 Å². The second-order valence-electron chi connectivity index (χ2n) is 3.25. The van der Waals surface area contributed by atoms with Crippen LogP contribution in [-0.4, -0.2) is 30.9 Å². The van der Waals surface area contributed by atoms with Crippen molar-refractivity contribution in [1.29, 1.82) is 0 Å². The number of hydrogen-bond donors (Lipinski definition) is 2. The zero-order chi connectivity index (χ0) is 13.1. The number of aryl methyl sites for hydroxylation is 1. The Hall–Kier alpha value is -1.28. The summed E-state index contributed by atoms with van der Waals surface area (Å²) in [5.41, 5.74) is 0. The summed E-state index contributed by atoms with van der Waals surface area (Å²) in [4.78, 5) is 30.7. The molecule has 0 aliphatic heterocycles. The first-order valence-corrected chi connectivity index (χ1v) is 6.21. The normalized spacial score (nSPS) is 11.7. The second-order valence-corrected chi connectivity index (χ2v) is 4.49. The Morgan fingerprint density at radius 1 is 1.65 bits per heavy atom. The summed E-state index contributed by atoms with van der Waals surface area (Å²) in [6, 6.07) is 0. The van der Waals surface area contributed by atoms with Crippen LogP contribution in [0.3, 0.4) is 0 Å². The fourth-order valence-electron chi connectivity index (χ4n) is 1.28. The smallest absolute Gasteiger partial charge is 0.358 e. The van der Waals surface area contributed by atoms with Gasteiger partial charge in [-0.2, -0.15) is 0 Å². The third-order valence-corrected chi connectivity index (χ3v) is 2.53. The van der Waals surface area contributed by atoms with E-state index in [4.69, 9.17) is 9.79 Å². The van der Waals surface area contributed by atoms with E-state index in [1.165, 1.54) is 4.57 Å². The Balaban J connectivity index is 2.55. The minimum atomic E-state index is -4.47. The van der Waals surface area contributed by atoms with E-state index in [9.17, 15) is 14.7 Å². The van der Waals surface area contributed by atoms with E-state index in [2.05, 4.69) is 9.51 Å². The van der Waals surface area contributed by atoms with Gasteiger partial charge in [-0.25, -0.2) is 14.1 Å². The molecule has 1 heterocycles. The lowest BCUT2D eigenvalue weighted by Gasteiger charge is -2.05. The van der Waals surface area contributed by atoms with Crippen molar-refractivity contribution in [2.24, 2.45) is 0 Å². The van der Waals surface area contributed by atoms with Gasteiger partial charge in [0.25, 0.3) is 0 Å². The first kappa shape index (κ1) is 13.8. The van der Waals surface area contributed by atoms with Crippen LogP contribution in [0.5, 0.6) is 0 Å². The van der Waals surface area contributed by atoms with Crippen molar-refractivity contribution in [3.05, 3.63) is 22.1 Å². The Morgan fingerprint density at radius 3 is 2.82 bits per heavy atom. The van der Waals surface area contributed by atoms with Crippen LogP contribution in [0.2, 0.25) is 0 Å². The van der Waals surface area contributed by atoms with Gasteiger partial charge in [0.15, 0.2) is 5.82 Å². The van der Waals surface area contributed by atoms with E-state index < -0.39 is 12.7 Å². The highest BCUT2D eigenvalue weighted by Gasteiger charge is 2.18. The average Bonchev–Trinajstić information content (AvgIpc) is 2.53. The number of nitro groups is 1. The highest BCUT2D eigenvalue weighted by molar-refractivity contribution is 7.46. The number of imidazole rings is 1. The van der Waals surface area contributed by atoms with E-state index in [0.29, 0.717) is 5.82 Å². The Kier molecular flexibility index (Phi) is 4.35. The standard InChI is InChI=1S/C7H12N3O6P/c1-6-8-5-7(10(11)12)9(6)3-2-4-16-17(13,14)15/h5H,2-4H2,1H3,(H2,13,14,15). The molecule has 0 aliphatic rings. The summed E-state index contributed by atoms with van der Waals surface area (Å²) < 4.78 is 16.0. The molecule has 9 nitrogen and oxygen atoms in total. The van der Waals surface area contributed by atoms with Gasteiger partial charge in [-0.15, -0.1) is 0 Å². The molecular formula is C7H12N3O6P. The molecule has 0 unspecified atom stereocenters. The number of rotatable bonds is 6. The van der Waals surface area contributed by atoms with E-state index in [1.54, 1.807) is 6.92 Å². The van der Waals surface area contributed by atoms with Crippen molar-refractivity contribution < 1.29 is 23.8 Å². The number of hydrogen-bond acceptors (Lipinski definition) is 5. The molecule has 0 amide bonds. The van der Waals surface area contributed by atoms with Crippen molar-refractivity contribution in [1.82, 2.24) is 9.55 Å². The van der Waals surface area contributed by atoms with Crippen molar-refractivity contribution in [2.75, 3.05) is 6.61 Å². The summed E-state index contributed by atoms with van der Waals surface area (Å²) in [5, 5.41) is 10.6. The van der Waals surface area contributed by atoms with E-state index in [1.807, 2.05) is 0 Å². The van der Waals surface area contributed by atoms with Gasteiger partial charge in [0, 0.05) is 13.3 Å². The van der Waals surface area contributed by atoms with Gasteiger partial charge in [-0.05, 0) is 4.92 Å². The molecule has 0 atom stereocenters. The van der Waals surface area contributed by atoms with Gasteiger partial charge in [-0.1, -0.05) is 0 Å². The number of phosphoric acid groups is 1. The predicted octanol–water partition coefficient (Wildman–Crippen LogP) is 0.599. The van der Waals surface area contributed by atoms with Gasteiger partial charge in [0.2, 0.25) is 0 Å². The molecule has 0 aromatic carbocycles. The number of nitrogens with zero attached hydrogens (tertiary/aromatic N) is 3. The quantitative estimate of drug-likeness (QED) is 0.333. The molecule has 1 rings (SSSR count). The molecule has 1 aromatic rings.